The molecular formula is C24H53F3N3O5P. The molecule has 0 bridgehead atoms. The molecule has 0 rings (SSSR count). The smallest absolute Gasteiger partial charge is 0.348 e. The maximum Gasteiger partial charge on any atom is 0.471 e. The van der Waals surface area contributed by atoms with Gasteiger partial charge in [-0.15, -0.1) is 0 Å². The summed E-state index contributed by atoms with van der Waals surface area (Å²) in [5, 5.41) is 1.82. The van der Waals surface area contributed by atoms with Crippen LogP contribution in [-0.4, -0.2) is 84.1 Å². The van der Waals surface area contributed by atoms with E-state index in [1.165, 1.54) is 39.3 Å². The second-order valence-electron chi connectivity index (χ2n) is 8.14. The molecule has 0 fully saturated rings. The number of amides is 1. The predicted octanol–water partition coefficient (Wildman–Crippen LogP) is 5.59. The first-order chi connectivity index (χ1) is 16.8. The van der Waals surface area contributed by atoms with Crippen LogP contribution in [0.2, 0.25) is 0 Å². The number of phosphoric acid groups is 1. The Morgan fingerprint density at radius 2 is 1.06 bits per heavy atom. The van der Waals surface area contributed by atoms with Crippen LogP contribution in [0.25, 0.3) is 0 Å². The Labute approximate surface area is 217 Å². The fourth-order valence-corrected chi connectivity index (χ4v) is 3.48. The summed E-state index contributed by atoms with van der Waals surface area (Å²) in [7, 11) is -4.36. The van der Waals surface area contributed by atoms with Gasteiger partial charge >= 0.3 is 19.9 Å². The van der Waals surface area contributed by atoms with Gasteiger partial charge in [-0.3, -0.25) is 9.32 Å². The second-order valence-corrected chi connectivity index (χ2v) is 9.38. The van der Waals surface area contributed by atoms with Gasteiger partial charge in [-0.1, -0.05) is 80.1 Å². The minimum Gasteiger partial charge on any atom is -0.348 e. The Balaban J connectivity index is -0.000000632. The van der Waals surface area contributed by atoms with Crippen LogP contribution in [0.5, 0.6) is 0 Å². The van der Waals surface area contributed by atoms with Gasteiger partial charge < -0.3 is 24.9 Å². The van der Waals surface area contributed by atoms with Crippen molar-refractivity contribution in [3.8, 4) is 0 Å². The summed E-state index contributed by atoms with van der Waals surface area (Å²) in [6.07, 6.45) is 1.50. The van der Waals surface area contributed by atoms with Crippen molar-refractivity contribution in [2.45, 2.75) is 99.1 Å². The van der Waals surface area contributed by atoms with Crippen molar-refractivity contribution < 1.29 is 36.8 Å². The first-order valence-corrected chi connectivity index (χ1v) is 14.8. The van der Waals surface area contributed by atoms with E-state index in [1.54, 1.807) is 0 Å². The van der Waals surface area contributed by atoms with Crippen LogP contribution < -0.4 is 5.32 Å². The van der Waals surface area contributed by atoms with E-state index in [0.29, 0.717) is 12.8 Å². The van der Waals surface area contributed by atoms with E-state index in [-0.39, 0.29) is 13.2 Å². The van der Waals surface area contributed by atoms with Crippen LogP contribution in [0.3, 0.4) is 0 Å². The van der Waals surface area contributed by atoms with Crippen LogP contribution in [0, 0.1) is 0 Å². The van der Waals surface area contributed by atoms with Crippen molar-refractivity contribution in [1.82, 2.24) is 15.1 Å². The van der Waals surface area contributed by atoms with Crippen LogP contribution in [0.4, 0.5) is 13.2 Å². The van der Waals surface area contributed by atoms with Gasteiger partial charge in [0.05, 0.1) is 6.61 Å². The Bertz CT molecular complexity index is 507. The van der Waals surface area contributed by atoms with Crippen LogP contribution in [-0.2, 0) is 13.9 Å². The summed E-state index contributed by atoms with van der Waals surface area (Å²) in [5.41, 5.74) is 0. The number of nitrogens with one attached hydrogen (secondary N) is 1. The molecular weight excluding hydrogens is 498 g/mol. The van der Waals surface area contributed by atoms with Gasteiger partial charge in [-0.05, 0) is 52.1 Å². The third kappa shape index (κ3) is 31.3. The molecule has 0 aliphatic carbocycles. The molecule has 36 heavy (non-hydrogen) atoms. The van der Waals surface area contributed by atoms with Gasteiger partial charge in [0, 0.05) is 6.54 Å². The Hall–Kier alpha value is -0.710. The Kier molecular flexibility index (Phi) is 28.7. The molecule has 0 aliphatic rings. The zero-order valence-electron chi connectivity index (χ0n) is 23.4. The molecule has 0 atom stereocenters. The highest BCUT2D eigenvalue weighted by molar-refractivity contribution is 7.46. The molecule has 0 aromatic heterocycles. The normalized spacial score (nSPS) is 11.6. The summed E-state index contributed by atoms with van der Waals surface area (Å²) in [5.74, 6) is -1.90. The standard InChI is InChI=1S/C12H23F3NO5P.2C6H15N/c13-12(14,15)11(17)16-9-7-5-3-1-2-4-6-8-10-21-22(18,19)20;2*1-4-7(5-2)6-3/h1-10H2,(H,16,17)(H2,18,19,20);2*4-6H2,1-3H3. The lowest BCUT2D eigenvalue weighted by Gasteiger charge is -2.13. The molecule has 0 heterocycles. The minimum absolute atomic E-state index is 0.0259. The number of unbranched alkanes of at least 4 members (excludes halogenated alkanes) is 7. The number of phosphoric ester groups is 1. The third-order valence-corrected chi connectivity index (χ3v) is 6.08. The van der Waals surface area contributed by atoms with Crippen molar-refractivity contribution in [3.05, 3.63) is 0 Å². The van der Waals surface area contributed by atoms with Gasteiger partial charge in [0.25, 0.3) is 0 Å². The quantitative estimate of drug-likeness (QED) is 0.151. The maximum absolute atomic E-state index is 11.9. The lowest BCUT2D eigenvalue weighted by atomic mass is 10.1. The van der Waals surface area contributed by atoms with E-state index in [9.17, 15) is 22.5 Å². The number of hydrogen-bond acceptors (Lipinski definition) is 5. The summed E-state index contributed by atoms with van der Waals surface area (Å²) >= 11 is 0. The highest BCUT2D eigenvalue weighted by atomic mass is 31.2. The fraction of sp³-hybridized carbons (Fsp3) is 0.958. The summed E-state index contributed by atoms with van der Waals surface area (Å²) in [6.45, 7) is 20.3. The average Bonchev–Trinajstić information content (AvgIpc) is 2.81. The number of carbonyl (C=O) groups is 1. The molecule has 0 unspecified atom stereocenters. The van der Waals surface area contributed by atoms with Crippen LogP contribution in [0.15, 0.2) is 0 Å². The van der Waals surface area contributed by atoms with E-state index < -0.39 is 19.9 Å². The molecule has 0 saturated heterocycles. The third-order valence-electron chi connectivity index (χ3n) is 5.56. The zero-order chi connectivity index (χ0) is 28.5. The zero-order valence-corrected chi connectivity index (χ0v) is 24.3. The van der Waals surface area contributed by atoms with E-state index in [4.69, 9.17) is 9.79 Å². The topological polar surface area (TPSA) is 102 Å². The van der Waals surface area contributed by atoms with Gasteiger partial charge in [-0.25, -0.2) is 4.57 Å². The maximum atomic E-state index is 11.9. The summed E-state index contributed by atoms with van der Waals surface area (Å²) in [6, 6.07) is 0. The number of rotatable bonds is 18. The van der Waals surface area contributed by atoms with Crippen molar-refractivity contribution in [2.24, 2.45) is 0 Å². The number of hydrogen-bond donors (Lipinski definition) is 3. The summed E-state index contributed by atoms with van der Waals surface area (Å²) < 4.78 is 50.2. The predicted molar refractivity (Wildman–Crippen MR) is 141 cm³/mol. The lowest BCUT2D eigenvalue weighted by Crippen LogP contribution is -2.37. The largest absolute Gasteiger partial charge is 0.471 e. The van der Waals surface area contributed by atoms with Crippen molar-refractivity contribution in [3.63, 3.8) is 0 Å². The first kappa shape index (κ1) is 39.8. The van der Waals surface area contributed by atoms with Crippen LogP contribution >= 0.6 is 7.82 Å². The van der Waals surface area contributed by atoms with Gasteiger partial charge in [0.1, 0.15) is 0 Å². The molecule has 0 radical (unpaired) electrons. The summed E-state index contributed by atoms with van der Waals surface area (Å²) in [4.78, 5) is 32.1. The first-order valence-electron chi connectivity index (χ1n) is 13.3. The number of carbonyl (C=O) groups excluding carboxylic acids is 1. The molecule has 0 spiro atoms. The van der Waals surface area contributed by atoms with Crippen molar-refractivity contribution in [2.75, 3.05) is 52.4 Å². The van der Waals surface area contributed by atoms with E-state index in [0.717, 1.165) is 38.5 Å². The van der Waals surface area contributed by atoms with Crippen molar-refractivity contribution >= 4 is 13.7 Å². The number of nitrogens with zero attached hydrogens (tertiary/aromatic N) is 2. The number of alkyl halides is 3. The SMILES string of the molecule is CCN(CC)CC.CCN(CC)CC.O=C(NCCCCCCCCCCOP(=O)(O)O)C(F)(F)F. The molecule has 0 aromatic rings. The van der Waals surface area contributed by atoms with Gasteiger partial charge in [0.15, 0.2) is 0 Å². The highest BCUT2D eigenvalue weighted by Crippen LogP contribution is 2.35. The molecule has 0 aromatic carbocycles. The Morgan fingerprint density at radius 3 is 1.33 bits per heavy atom. The monoisotopic (exact) mass is 551 g/mol. The molecule has 1 amide bonds. The van der Waals surface area contributed by atoms with E-state index in [2.05, 4.69) is 55.9 Å². The van der Waals surface area contributed by atoms with Gasteiger partial charge in [-0.2, -0.15) is 13.2 Å². The van der Waals surface area contributed by atoms with Crippen LogP contribution in [0.1, 0.15) is 92.9 Å². The van der Waals surface area contributed by atoms with E-state index in [1.807, 2.05) is 5.32 Å². The molecule has 220 valence electrons. The molecule has 3 N–H and O–H groups in total. The molecule has 8 nitrogen and oxygen atoms in total. The Morgan fingerprint density at radius 1 is 0.722 bits per heavy atom. The highest BCUT2D eigenvalue weighted by Gasteiger charge is 2.38. The number of halogens is 3. The minimum atomic E-state index is -4.82. The van der Waals surface area contributed by atoms with Gasteiger partial charge in [0.2, 0.25) is 0 Å². The van der Waals surface area contributed by atoms with Crippen molar-refractivity contribution in [1.29, 1.82) is 0 Å². The van der Waals surface area contributed by atoms with E-state index >= 15 is 0 Å². The molecule has 0 aliphatic heterocycles. The lowest BCUT2D eigenvalue weighted by molar-refractivity contribution is -0.173. The molecule has 0 saturated carbocycles. The second kappa shape index (κ2) is 25.9. The molecule has 12 heteroatoms. The fourth-order valence-electron chi connectivity index (χ4n) is 3.11. The average molecular weight is 552 g/mol.